The van der Waals surface area contributed by atoms with Gasteiger partial charge in [0.15, 0.2) is 0 Å². The Hall–Kier alpha value is -2.02. The third-order valence-electron chi connectivity index (χ3n) is 3.57. The summed E-state index contributed by atoms with van der Waals surface area (Å²) in [5, 5.41) is 2.95. The van der Waals surface area contributed by atoms with Gasteiger partial charge in [-0.3, -0.25) is 0 Å². The molecule has 1 aromatic carbocycles. The maximum Gasteiger partial charge on any atom is 0.491 e. The summed E-state index contributed by atoms with van der Waals surface area (Å²) >= 11 is 0. The number of carbonyl (C=O) groups is 1. The first-order valence-corrected chi connectivity index (χ1v) is 6.78. The van der Waals surface area contributed by atoms with E-state index >= 15 is 0 Å². The number of nitrogens with zero attached hydrogens (tertiary/aromatic N) is 1. The number of piperazine rings is 1. The lowest BCUT2D eigenvalue weighted by atomic mass is 10.1. The molecule has 0 amide bonds. The summed E-state index contributed by atoms with van der Waals surface area (Å²) in [6.07, 6.45) is -3.82. The van der Waals surface area contributed by atoms with Crippen molar-refractivity contribution in [3.63, 3.8) is 0 Å². The molecule has 7 heteroatoms. The lowest BCUT2D eigenvalue weighted by Gasteiger charge is -2.46. The number of carbonyl (C=O) groups excluding carboxylic acids is 1. The zero-order chi connectivity index (χ0) is 16.4. The number of ether oxygens (including phenoxy) is 1. The van der Waals surface area contributed by atoms with Gasteiger partial charge in [-0.05, 0) is 24.6 Å². The van der Waals surface area contributed by atoms with Gasteiger partial charge in [0.2, 0.25) is 5.72 Å². The highest BCUT2D eigenvalue weighted by atomic mass is 19.4. The van der Waals surface area contributed by atoms with E-state index in [1.165, 1.54) is 6.08 Å². The smallest absolute Gasteiger partial charge is 0.427 e. The standard InChI is InChI=1S/C15H17F3N2O2/c1-3-14(22-13(21)15(16,17)18)10-19-8-9-20(14)12-7-5-4-6-11(12)2/h3-7,19H,1,8-10H2,2H3. The number of nitrogens with one attached hydrogen (secondary N) is 1. The monoisotopic (exact) mass is 314 g/mol. The largest absolute Gasteiger partial charge is 0.491 e. The highest BCUT2D eigenvalue weighted by Crippen LogP contribution is 2.32. The van der Waals surface area contributed by atoms with Crippen LogP contribution in [-0.4, -0.2) is 37.5 Å². The molecule has 22 heavy (non-hydrogen) atoms. The fraction of sp³-hybridized carbons (Fsp3) is 0.400. The molecule has 1 aromatic rings. The molecule has 2 rings (SSSR count). The minimum Gasteiger partial charge on any atom is -0.427 e. The number of para-hydroxylation sites is 1. The molecule has 0 bridgehead atoms. The minimum atomic E-state index is -5.05. The molecule has 0 aliphatic carbocycles. The van der Waals surface area contributed by atoms with Gasteiger partial charge >= 0.3 is 12.1 Å². The van der Waals surface area contributed by atoms with Crippen LogP contribution in [0.3, 0.4) is 0 Å². The highest BCUT2D eigenvalue weighted by Gasteiger charge is 2.49. The summed E-state index contributed by atoms with van der Waals surface area (Å²) in [4.78, 5) is 12.9. The van der Waals surface area contributed by atoms with E-state index in [1.807, 2.05) is 19.1 Å². The third kappa shape index (κ3) is 3.09. The van der Waals surface area contributed by atoms with Crippen molar-refractivity contribution in [2.45, 2.75) is 18.8 Å². The molecule has 4 nitrogen and oxygen atoms in total. The number of alkyl halides is 3. The molecular formula is C15H17F3N2O2. The van der Waals surface area contributed by atoms with Crippen molar-refractivity contribution in [2.24, 2.45) is 0 Å². The van der Waals surface area contributed by atoms with Crippen LogP contribution >= 0.6 is 0 Å². The second-order valence-electron chi connectivity index (χ2n) is 5.05. The SMILES string of the molecule is C=CC1(OC(=O)C(F)(F)F)CNCCN1c1ccccc1C. The van der Waals surface area contributed by atoms with E-state index in [0.717, 1.165) is 5.56 Å². The van der Waals surface area contributed by atoms with Crippen LogP contribution in [0, 0.1) is 6.92 Å². The first-order chi connectivity index (χ1) is 10.3. The van der Waals surface area contributed by atoms with Crippen molar-refractivity contribution in [1.29, 1.82) is 0 Å². The van der Waals surface area contributed by atoms with Crippen LogP contribution < -0.4 is 10.2 Å². The number of hydrogen-bond acceptors (Lipinski definition) is 4. The summed E-state index contributed by atoms with van der Waals surface area (Å²) in [6, 6.07) is 7.24. The Labute approximate surface area is 126 Å². The van der Waals surface area contributed by atoms with E-state index in [1.54, 1.807) is 17.0 Å². The second-order valence-corrected chi connectivity index (χ2v) is 5.05. The summed E-state index contributed by atoms with van der Waals surface area (Å²) in [6.45, 7) is 6.40. The van der Waals surface area contributed by atoms with E-state index in [-0.39, 0.29) is 6.54 Å². The van der Waals surface area contributed by atoms with E-state index in [0.29, 0.717) is 18.8 Å². The fourth-order valence-electron chi connectivity index (χ4n) is 2.47. The molecule has 0 spiro atoms. The van der Waals surface area contributed by atoms with E-state index in [9.17, 15) is 18.0 Å². The molecule has 1 unspecified atom stereocenters. The molecule has 1 aliphatic heterocycles. The first kappa shape index (κ1) is 16.4. The Bertz CT molecular complexity index is 574. The number of esters is 1. The van der Waals surface area contributed by atoms with Crippen LogP contribution in [0.5, 0.6) is 0 Å². The zero-order valence-corrected chi connectivity index (χ0v) is 12.1. The van der Waals surface area contributed by atoms with Crippen LogP contribution in [0.25, 0.3) is 0 Å². The van der Waals surface area contributed by atoms with Crippen LogP contribution in [0.15, 0.2) is 36.9 Å². The van der Waals surface area contributed by atoms with Crippen molar-refractivity contribution < 1.29 is 22.7 Å². The van der Waals surface area contributed by atoms with Gasteiger partial charge in [0.25, 0.3) is 0 Å². The lowest BCUT2D eigenvalue weighted by Crippen LogP contribution is -2.63. The van der Waals surface area contributed by atoms with E-state index < -0.39 is 17.9 Å². The van der Waals surface area contributed by atoms with Crippen LogP contribution in [0.1, 0.15) is 5.56 Å². The summed E-state index contributed by atoms with van der Waals surface area (Å²) in [7, 11) is 0. The number of benzene rings is 1. The average molecular weight is 314 g/mol. The molecule has 120 valence electrons. The molecule has 1 aliphatic rings. The molecule has 0 radical (unpaired) electrons. The lowest BCUT2D eigenvalue weighted by molar-refractivity contribution is -0.210. The van der Waals surface area contributed by atoms with Crippen LogP contribution in [0.2, 0.25) is 0 Å². The summed E-state index contributed by atoms with van der Waals surface area (Å²) in [5.41, 5.74) is 0.00862. The maximum absolute atomic E-state index is 12.6. The van der Waals surface area contributed by atoms with E-state index in [4.69, 9.17) is 4.74 Å². The predicted molar refractivity (Wildman–Crippen MR) is 76.5 cm³/mol. The maximum atomic E-state index is 12.6. The average Bonchev–Trinajstić information content (AvgIpc) is 2.47. The quantitative estimate of drug-likeness (QED) is 0.687. The number of halogens is 3. The van der Waals surface area contributed by atoms with Gasteiger partial charge in [0.1, 0.15) is 0 Å². The summed E-state index contributed by atoms with van der Waals surface area (Å²) in [5.74, 6) is -2.23. The molecule has 0 aromatic heterocycles. The number of aryl methyl sites for hydroxylation is 1. The van der Waals surface area contributed by atoms with Crippen molar-refractivity contribution in [3.8, 4) is 0 Å². The molecule has 1 atom stereocenters. The van der Waals surface area contributed by atoms with Crippen molar-refractivity contribution in [2.75, 3.05) is 24.5 Å². The minimum absolute atomic E-state index is 0.0344. The molecule has 1 heterocycles. The Kier molecular flexibility index (Phi) is 4.46. The molecule has 1 fully saturated rings. The molecule has 1 saturated heterocycles. The van der Waals surface area contributed by atoms with Gasteiger partial charge in [-0.2, -0.15) is 13.2 Å². The van der Waals surface area contributed by atoms with Crippen molar-refractivity contribution in [3.05, 3.63) is 42.5 Å². The van der Waals surface area contributed by atoms with Gasteiger partial charge < -0.3 is 15.0 Å². The van der Waals surface area contributed by atoms with E-state index in [2.05, 4.69) is 11.9 Å². The number of hydrogen-bond donors (Lipinski definition) is 1. The fourth-order valence-corrected chi connectivity index (χ4v) is 2.47. The van der Waals surface area contributed by atoms with Gasteiger partial charge in [-0.15, -0.1) is 0 Å². The van der Waals surface area contributed by atoms with Gasteiger partial charge in [-0.25, -0.2) is 4.79 Å². The zero-order valence-electron chi connectivity index (χ0n) is 12.1. The predicted octanol–water partition coefficient (Wildman–Crippen LogP) is 2.39. The first-order valence-electron chi connectivity index (χ1n) is 6.78. The summed E-state index contributed by atoms with van der Waals surface area (Å²) < 4.78 is 42.5. The van der Waals surface area contributed by atoms with Gasteiger partial charge in [-0.1, -0.05) is 24.8 Å². The molecule has 1 N–H and O–H groups in total. The highest BCUT2D eigenvalue weighted by molar-refractivity contribution is 5.77. The Morgan fingerprint density at radius 1 is 1.45 bits per heavy atom. The Balaban J connectivity index is 2.40. The van der Waals surface area contributed by atoms with Gasteiger partial charge in [0, 0.05) is 18.8 Å². The second kappa shape index (κ2) is 6.00. The normalized spacial score (nSPS) is 22.3. The van der Waals surface area contributed by atoms with Crippen LogP contribution in [0.4, 0.5) is 18.9 Å². The third-order valence-corrected chi connectivity index (χ3v) is 3.57. The van der Waals surface area contributed by atoms with Gasteiger partial charge in [0.05, 0.1) is 6.54 Å². The molecule has 0 saturated carbocycles. The Morgan fingerprint density at radius 2 is 2.14 bits per heavy atom. The van der Waals surface area contributed by atoms with Crippen LogP contribution in [-0.2, 0) is 9.53 Å². The molecular weight excluding hydrogens is 297 g/mol. The van der Waals surface area contributed by atoms with Crippen molar-refractivity contribution >= 4 is 11.7 Å². The Morgan fingerprint density at radius 3 is 2.73 bits per heavy atom. The number of rotatable bonds is 3. The number of anilines is 1. The van der Waals surface area contributed by atoms with Crippen molar-refractivity contribution in [1.82, 2.24) is 5.32 Å². The topological polar surface area (TPSA) is 41.6 Å².